The first-order valence-electron chi connectivity index (χ1n) is 6.61. The van der Waals surface area contributed by atoms with Crippen molar-refractivity contribution in [2.75, 3.05) is 0 Å². The van der Waals surface area contributed by atoms with Crippen molar-refractivity contribution in [1.82, 2.24) is 9.97 Å². The summed E-state index contributed by atoms with van der Waals surface area (Å²) in [7, 11) is 0. The molecule has 0 saturated carbocycles. The number of hydrogen-bond acceptors (Lipinski definition) is 4. The molecule has 5 heteroatoms. The average Bonchev–Trinajstić information content (AvgIpc) is 2.91. The van der Waals surface area contributed by atoms with Crippen molar-refractivity contribution in [3.8, 4) is 11.3 Å². The van der Waals surface area contributed by atoms with E-state index in [2.05, 4.69) is 9.97 Å². The second-order valence-corrected chi connectivity index (χ2v) is 5.76. The predicted molar refractivity (Wildman–Crippen MR) is 82.4 cm³/mol. The molecule has 0 atom stereocenters. The van der Waals surface area contributed by atoms with Crippen molar-refractivity contribution < 1.29 is 4.39 Å². The highest BCUT2D eigenvalue weighted by atomic mass is 32.1. The van der Waals surface area contributed by atoms with Gasteiger partial charge in [0.1, 0.15) is 10.8 Å². The fourth-order valence-corrected chi connectivity index (χ4v) is 3.12. The molecule has 0 aliphatic carbocycles. The number of rotatable bonds is 4. The Kier molecular flexibility index (Phi) is 4.03. The molecule has 1 aromatic carbocycles. The van der Waals surface area contributed by atoms with E-state index in [0.717, 1.165) is 26.8 Å². The molecular formula is C16H14FN3S. The lowest BCUT2D eigenvalue weighted by molar-refractivity contribution is 0.628. The highest BCUT2D eigenvalue weighted by Crippen LogP contribution is 2.30. The minimum Gasteiger partial charge on any atom is -0.325 e. The third-order valence-electron chi connectivity index (χ3n) is 3.08. The lowest BCUT2D eigenvalue weighted by Crippen LogP contribution is -1.94. The zero-order valence-corrected chi connectivity index (χ0v) is 12.1. The van der Waals surface area contributed by atoms with Crippen LogP contribution in [0.1, 0.15) is 15.6 Å². The van der Waals surface area contributed by atoms with Crippen LogP contribution >= 0.6 is 11.3 Å². The molecule has 2 heterocycles. The second kappa shape index (κ2) is 6.11. The molecule has 0 bridgehead atoms. The summed E-state index contributed by atoms with van der Waals surface area (Å²) in [6, 6.07) is 12.3. The molecule has 0 aliphatic heterocycles. The number of benzene rings is 1. The van der Waals surface area contributed by atoms with E-state index in [1.165, 1.54) is 12.1 Å². The third-order valence-corrected chi connectivity index (χ3v) is 4.16. The van der Waals surface area contributed by atoms with E-state index in [4.69, 9.17) is 5.73 Å². The third kappa shape index (κ3) is 3.15. The molecule has 2 aromatic heterocycles. The molecule has 0 spiro atoms. The highest BCUT2D eigenvalue weighted by Gasteiger charge is 2.14. The van der Waals surface area contributed by atoms with Crippen molar-refractivity contribution in [3.05, 3.63) is 70.1 Å². The molecule has 0 unspecified atom stereocenters. The molecule has 21 heavy (non-hydrogen) atoms. The summed E-state index contributed by atoms with van der Waals surface area (Å²) in [5.74, 6) is -0.265. The SMILES string of the molecule is NCc1nc(-c2cccc(F)c2)c(Cc2ccccn2)s1. The van der Waals surface area contributed by atoms with E-state index in [1.54, 1.807) is 23.6 Å². The summed E-state index contributed by atoms with van der Waals surface area (Å²) in [4.78, 5) is 9.93. The highest BCUT2D eigenvalue weighted by molar-refractivity contribution is 7.12. The Morgan fingerprint density at radius 1 is 1.14 bits per heavy atom. The number of thiazole rings is 1. The Hall–Kier alpha value is -2.11. The van der Waals surface area contributed by atoms with Gasteiger partial charge in [-0.3, -0.25) is 4.98 Å². The number of aromatic nitrogens is 2. The van der Waals surface area contributed by atoms with Gasteiger partial charge in [-0.05, 0) is 24.3 Å². The molecule has 0 saturated heterocycles. The summed E-state index contributed by atoms with van der Waals surface area (Å²) in [6.07, 6.45) is 2.44. The molecule has 0 amide bonds. The molecule has 0 aliphatic rings. The van der Waals surface area contributed by atoms with Gasteiger partial charge in [0.25, 0.3) is 0 Å². The lowest BCUT2D eigenvalue weighted by Gasteiger charge is -2.02. The Bertz CT molecular complexity index is 740. The van der Waals surface area contributed by atoms with Gasteiger partial charge in [0.2, 0.25) is 0 Å². The van der Waals surface area contributed by atoms with Gasteiger partial charge in [-0.15, -0.1) is 11.3 Å². The second-order valence-electron chi connectivity index (χ2n) is 4.59. The van der Waals surface area contributed by atoms with Crippen LogP contribution < -0.4 is 5.73 Å². The summed E-state index contributed by atoms with van der Waals surface area (Å²) < 4.78 is 13.4. The topological polar surface area (TPSA) is 51.8 Å². The monoisotopic (exact) mass is 299 g/mol. The van der Waals surface area contributed by atoms with Gasteiger partial charge in [0, 0.05) is 35.3 Å². The Balaban J connectivity index is 2.02. The van der Waals surface area contributed by atoms with E-state index in [9.17, 15) is 4.39 Å². The van der Waals surface area contributed by atoms with Crippen LogP contribution in [0.4, 0.5) is 4.39 Å². The number of pyridine rings is 1. The van der Waals surface area contributed by atoms with Crippen molar-refractivity contribution in [1.29, 1.82) is 0 Å². The van der Waals surface area contributed by atoms with Crippen LogP contribution in [0.2, 0.25) is 0 Å². The number of nitrogens with two attached hydrogens (primary N) is 1. The van der Waals surface area contributed by atoms with Crippen LogP contribution in [-0.2, 0) is 13.0 Å². The first kappa shape index (κ1) is 13.9. The molecule has 0 radical (unpaired) electrons. The van der Waals surface area contributed by atoms with Crippen LogP contribution in [0, 0.1) is 5.82 Å². The first-order valence-corrected chi connectivity index (χ1v) is 7.42. The lowest BCUT2D eigenvalue weighted by atomic mass is 10.1. The largest absolute Gasteiger partial charge is 0.325 e. The molecule has 0 fully saturated rings. The Morgan fingerprint density at radius 3 is 2.76 bits per heavy atom. The molecule has 3 rings (SSSR count). The summed E-state index contributed by atoms with van der Waals surface area (Å²) in [5, 5.41) is 0.847. The summed E-state index contributed by atoms with van der Waals surface area (Å²) >= 11 is 1.56. The zero-order valence-electron chi connectivity index (χ0n) is 11.3. The molecule has 3 nitrogen and oxygen atoms in total. The van der Waals surface area contributed by atoms with Gasteiger partial charge in [0.15, 0.2) is 0 Å². The zero-order chi connectivity index (χ0) is 14.7. The van der Waals surface area contributed by atoms with Crippen molar-refractivity contribution in [3.63, 3.8) is 0 Å². The maximum atomic E-state index is 13.4. The summed E-state index contributed by atoms with van der Waals surface area (Å²) in [6.45, 7) is 0.384. The minimum atomic E-state index is -0.265. The van der Waals surface area contributed by atoms with Crippen LogP contribution in [0.5, 0.6) is 0 Å². The Morgan fingerprint density at radius 2 is 2.05 bits per heavy atom. The fourth-order valence-electron chi connectivity index (χ4n) is 2.14. The van der Waals surface area contributed by atoms with Crippen molar-refractivity contribution in [2.24, 2.45) is 5.73 Å². The summed E-state index contributed by atoms with van der Waals surface area (Å²) in [5.41, 5.74) is 8.22. The van der Waals surface area contributed by atoms with E-state index < -0.39 is 0 Å². The van der Waals surface area contributed by atoms with Gasteiger partial charge >= 0.3 is 0 Å². The van der Waals surface area contributed by atoms with Crippen LogP contribution in [0.25, 0.3) is 11.3 Å². The number of halogens is 1. The van der Waals surface area contributed by atoms with Crippen molar-refractivity contribution in [2.45, 2.75) is 13.0 Å². The number of hydrogen-bond donors (Lipinski definition) is 1. The maximum absolute atomic E-state index is 13.4. The Labute approximate surface area is 126 Å². The molecular weight excluding hydrogens is 285 g/mol. The quantitative estimate of drug-likeness (QED) is 0.803. The molecule has 2 N–H and O–H groups in total. The van der Waals surface area contributed by atoms with Crippen LogP contribution in [0.3, 0.4) is 0 Å². The first-order chi connectivity index (χ1) is 10.3. The van der Waals surface area contributed by atoms with Crippen LogP contribution in [0.15, 0.2) is 48.7 Å². The standard InChI is InChI=1S/C16H14FN3S/c17-12-5-3-4-11(8-12)16-14(21-15(10-18)20-16)9-13-6-1-2-7-19-13/h1-8H,9-10,18H2. The van der Waals surface area contributed by atoms with E-state index in [-0.39, 0.29) is 5.82 Å². The fraction of sp³-hybridized carbons (Fsp3) is 0.125. The normalized spacial score (nSPS) is 10.8. The smallest absolute Gasteiger partial charge is 0.123 e. The van der Waals surface area contributed by atoms with E-state index in [0.29, 0.717) is 13.0 Å². The van der Waals surface area contributed by atoms with Crippen molar-refractivity contribution >= 4 is 11.3 Å². The molecule has 3 aromatic rings. The van der Waals surface area contributed by atoms with Gasteiger partial charge in [0.05, 0.1) is 5.69 Å². The van der Waals surface area contributed by atoms with Gasteiger partial charge < -0.3 is 5.73 Å². The molecule has 106 valence electrons. The van der Waals surface area contributed by atoms with E-state index in [1.807, 2.05) is 24.3 Å². The minimum absolute atomic E-state index is 0.265. The maximum Gasteiger partial charge on any atom is 0.123 e. The van der Waals surface area contributed by atoms with Gasteiger partial charge in [-0.2, -0.15) is 0 Å². The van der Waals surface area contributed by atoms with Gasteiger partial charge in [-0.25, -0.2) is 9.37 Å². The van der Waals surface area contributed by atoms with E-state index >= 15 is 0 Å². The predicted octanol–water partition coefficient (Wildman–Crippen LogP) is 3.39. The van der Waals surface area contributed by atoms with Crippen LogP contribution in [-0.4, -0.2) is 9.97 Å². The number of nitrogens with zero attached hydrogens (tertiary/aromatic N) is 2. The van der Waals surface area contributed by atoms with Gasteiger partial charge in [-0.1, -0.05) is 18.2 Å². The average molecular weight is 299 g/mol.